The maximum absolute atomic E-state index is 9.13. The lowest BCUT2D eigenvalue weighted by Gasteiger charge is -2.35. The van der Waals surface area contributed by atoms with Gasteiger partial charge in [0.25, 0.3) is 0 Å². The van der Waals surface area contributed by atoms with Crippen molar-refractivity contribution in [3.05, 3.63) is 0 Å². The fraction of sp³-hybridized carbons (Fsp3) is 1.00. The highest BCUT2D eigenvalue weighted by atomic mass is 16.5. The van der Waals surface area contributed by atoms with E-state index in [0.717, 1.165) is 19.4 Å². The van der Waals surface area contributed by atoms with Crippen LogP contribution in [0.15, 0.2) is 0 Å². The first-order valence-electron chi connectivity index (χ1n) is 5.31. The molecule has 0 aromatic heterocycles. The maximum Gasteiger partial charge on any atom is 0.0726 e. The molecule has 0 bridgehead atoms. The van der Waals surface area contributed by atoms with Gasteiger partial charge in [0.05, 0.1) is 12.2 Å². The highest BCUT2D eigenvalue weighted by Gasteiger charge is 2.31. The van der Waals surface area contributed by atoms with Crippen molar-refractivity contribution in [2.75, 3.05) is 6.61 Å². The van der Waals surface area contributed by atoms with Crippen molar-refractivity contribution < 1.29 is 9.84 Å². The standard InChI is InChI=1S/C10H19NO2/c1-7(10-3-2-4-13-10)11-8-5-9(12)6-8/h7-12H,2-6H2,1H3. The smallest absolute Gasteiger partial charge is 0.0726 e. The van der Waals surface area contributed by atoms with Gasteiger partial charge in [-0.05, 0) is 32.6 Å². The SMILES string of the molecule is CC(NC1CC(O)C1)C1CCCO1. The summed E-state index contributed by atoms with van der Waals surface area (Å²) in [4.78, 5) is 0. The van der Waals surface area contributed by atoms with E-state index in [9.17, 15) is 0 Å². The van der Waals surface area contributed by atoms with Crippen LogP contribution in [0.5, 0.6) is 0 Å². The molecule has 2 N–H and O–H groups in total. The quantitative estimate of drug-likeness (QED) is 0.679. The number of hydrogen-bond donors (Lipinski definition) is 2. The van der Waals surface area contributed by atoms with Gasteiger partial charge in [0.1, 0.15) is 0 Å². The molecule has 0 amide bonds. The molecule has 76 valence electrons. The van der Waals surface area contributed by atoms with Gasteiger partial charge in [-0.25, -0.2) is 0 Å². The van der Waals surface area contributed by atoms with E-state index in [2.05, 4.69) is 12.2 Å². The second kappa shape index (κ2) is 3.95. The lowest BCUT2D eigenvalue weighted by atomic mass is 9.88. The first kappa shape index (κ1) is 9.44. The highest BCUT2D eigenvalue weighted by Crippen LogP contribution is 2.22. The Balaban J connectivity index is 1.68. The van der Waals surface area contributed by atoms with Gasteiger partial charge in [-0.1, -0.05) is 0 Å². The van der Waals surface area contributed by atoms with Crippen LogP contribution in [0.1, 0.15) is 32.6 Å². The Morgan fingerprint density at radius 2 is 2.23 bits per heavy atom. The van der Waals surface area contributed by atoms with Gasteiger partial charge in [-0.2, -0.15) is 0 Å². The van der Waals surface area contributed by atoms with Gasteiger partial charge < -0.3 is 15.2 Å². The van der Waals surface area contributed by atoms with Gasteiger partial charge in [-0.3, -0.25) is 0 Å². The summed E-state index contributed by atoms with van der Waals surface area (Å²) in [7, 11) is 0. The topological polar surface area (TPSA) is 41.5 Å². The van der Waals surface area contributed by atoms with E-state index in [0.29, 0.717) is 18.2 Å². The number of rotatable bonds is 3. The molecule has 2 fully saturated rings. The van der Waals surface area contributed by atoms with Crippen molar-refractivity contribution in [2.45, 2.75) is 56.9 Å². The zero-order valence-electron chi connectivity index (χ0n) is 8.20. The molecular weight excluding hydrogens is 166 g/mol. The highest BCUT2D eigenvalue weighted by molar-refractivity contribution is 4.88. The van der Waals surface area contributed by atoms with Crippen molar-refractivity contribution >= 4 is 0 Å². The van der Waals surface area contributed by atoms with Crippen molar-refractivity contribution in [1.82, 2.24) is 5.32 Å². The van der Waals surface area contributed by atoms with Gasteiger partial charge >= 0.3 is 0 Å². The van der Waals surface area contributed by atoms with Crippen LogP contribution in [0.3, 0.4) is 0 Å². The minimum atomic E-state index is -0.0609. The largest absolute Gasteiger partial charge is 0.393 e. The van der Waals surface area contributed by atoms with Crippen LogP contribution in [0.4, 0.5) is 0 Å². The zero-order chi connectivity index (χ0) is 9.26. The fourth-order valence-electron chi connectivity index (χ4n) is 2.20. The molecule has 1 heterocycles. The van der Waals surface area contributed by atoms with E-state index < -0.39 is 0 Å². The fourth-order valence-corrected chi connectivity index (χ4v) is 2.20. The summed E-state index contributed by atoms with van der Waals surface area (Å²) >= 11 is 0. The van der Waals surface area contributed by atoms with Gasteiger partial charge in [0, 0.05) is 18.7 Å². The van der Waals surface area contributed by atoms with E-state index in [1.165, 1.54) is 12.8 Å². The molecule has 1 saturated heterocycles. The molecular formula is C10H19NO2. The van der Waals surface area contributed by atoms with Crippen LogP contribution in [-0.4, -0.2) is 36.0 Å². The number of nitrogens with one attached hydrogen (secondary N) is 1. The summed E-state index contributed by atoms with van der Waals surface area (Å²) in [5, 5.41) is 12.6. The van der Waals surface area contributed by atoms with Crippen LogP contribution in [0.25, 0.3) is 0 Å². The van der Waals surface area contributed by atoms with Gasteiger partial charge in [-0.15, -0.1) is 0 Å². The number of hydrogen-bond acceptors (Lipinski definition) is 3. The number of aliphatic hydroxyl groups is 1. The third-order valence-electron chi connectivity index (χ3n) is 3.13. The Morgan fingerprint density at radius 3 is 2.77 bits per heavy atom. The Morgan fingerprint density at radius 1 is 1.46 bits per heavy atom. The molecule has 2 unspecified atom stereocenters. The molecule has 2 atom stereocenters. The zero-order valence-corrected chi connectivity index (χ0v) is 8.20. The van der Waals surface area contributed by atoms with E-state index >= 15 is 0 Å². The van der Waals surface area contributed by atoms with E-state index in [4.69, 9.17) is 9.84 Å². The predicted octanol–water partition coefficient (Wildman–Crippen LogP) is 0.667. The average molecular weight is 185 g/mol. The molecule has 0 aromatic carbocycles. The monoisotopic (exact) mass is 185 g/mol. The van der Waals surface area contributed by atoms with E-state index in [1.54, 1.807) is 0 Å². The Labute approximate surface area is 79.5 Å². The molecule has 1 aliphatic carbocycles. The normalized spacial score (nSPS) is 41.5. The predicted molar refractivity (Wildman–Crippen MR) is 50.6 cm³/mol. The van der Waals surface area contributed by atoms with Crippen LogP contribution < -0.4 is 5.32 Å². The molecule has 3 heteroatoms. The van der Waals surface area contributed by atoms with Crippen LogP contribution in [0.2, 0.25) is 0 Å². The molecule has 0 spiro atoms. The lowest BCUT2D eigenvalue weighted by molar-refractivity contribution is 0.0349. The molecule has 0 aromatic rings. The second-order valence-electron chi connectivity index (χ2n) is 4.33. The van der Waals surface area contributed by atoms with Crippen LogP contribution in [-0.2, 0) is 4.74 Å². The Bertz CT molecular complexity index is 162. The summed E-state index contributed by atoms with van der Waals surface area (Å²) in [6, 6.07) is 0.967. The number of ether oxygens (including phenoxy) is 1. The summed E-state index contributed by atoms with van der Waals surface area (Å²) < 4.78 is 5.59. The summed E-state index contributed by atoms with van der Waals surface area (Å²) in [6.07, 6.45) is 4.55. The van der Waals surface area contributed by atoms with Crippen molar-refractivity contribution in [3.8, 4) is 0 Å². The molecule has 13 heavy (non-hydrogen) atoms. The van der Waals surface area contributed by atoms with Crippen molar-refractivity contribution in [1.29, 1.82) is 0 Å². The molecule has 2 rings (SSSR count). The molecule has 2 aliphatic rings. The lowest BCUT2D eigenvalue weighted by Crippen LogP contribution is -2.51. The van der Waals surface area contributed by atoms with Gasteiger partial charge in [0.2, 0.25) is 0 Å². The summed E-state index contributed by atoms with van der Waals surface area (Å²) in [5.74, 6) is 0. The number of aliphatic hydroxyl groups excluding tert-OH is 1. The Kier molecular flexibility index (Phi) is 2.86. The first-order chi connectivity index (χ1) is 6.25. The summed E-state index contributed by atoms with van der Waals surface area (Å²) in [6.45, 7) is 3.10. The van der Waals surface area contributed by atoms with Gasteiger partial charge in [0.15, 0.2) is 0 Å². The second-order valence-corrected chi connectivity index (χ2v) is 4.33. The van der Waals surface area contributed by atoms with Crippen LogP contribution in [0, 0.1) is 0 Å². The molecule has 0 radical (unpaired) electrons. The molecule has 1 aliphatic heterocycles. The minimum Gasteiger partial charge on any atom is -0.393 e. The van der Waals surface area contributed by atoms with E-state index in [-0.39, 0.29) is 6.10 Å². The maximum atomic E-state index is 9.13. The first-order valence-corrected chi connectivity index (χ1v) is 5.31. The molecule has 1 saturated carbocycles. The van der Waals surface area contributed by atoms with Crippen molar-refractivity contribution in [3.63, 3.8) is 0 Å². The van der Waals surface area contributed by atoms with Crippen molar-refractivity contribution in [2.24, 2.45) is 0 Å². The summed E-state index contributed by atoms with van der Waals surface area (Å²) in [5.41, 5.74) is 0. The average Bonchev–Trinajstić information content (AvgIpc) is 2.53. The molecule has 3 nitrogen and oxygen atoms in total. The van der Waals surface area contributed by atoms with Crippen LogP contribution >= 0.6 is 0 Å². The minimum absolute atomic E-state index is 0.0609. The Hall–Kier alpha value is -0.120. The van der Waals surface area contributed by atoms with E-state index in [1.807, 2.05) is 0 Å². The third kappa shape index (κ3) is 2.22. The third-order valence-corrected chi connectivity index (χ3v) is 3.13.